The van der Waals surface area contributed by atoms with Gasteiger partial charge < -0.3 is 19.1 Å². The summed E-state index contributed by atoms with van der Waals surface area (Å²) in [6.45, 7) is 8.72. The molecule has 1 amide bonds. The van der Waals surface area contributed by atoms with Gasteiger partial charge in [0.05, 0.1) is 20.8 Å². The fourth-order valence-electron chi connectivity index (χ4n) is 3.11. The van der Waals surface area contributed by atoms with Crippen molar-refractivity contribution in [2.75, 3.05) is 34.4 Å². The summed E-state index contributed by atoms with van der Waals surface area (Å²) in [5, 5.41) is 0. The van der Waals surface area contributed by atoms with Crippen LogP contribution in [0.15, 0.2) is 43.0 Å². The maximum absolute atomic E-state index is 12.9. The molecule has 0 aliphatic carbocycles. The predicted molar refractivity (Wildman–Crippen MR) is 112 cm³/mol. The smallest absolute Gasteiger partial charge is 0.253 e. The lowest BCUT2D eigenvalue weighted by molar-refractivity contribution is 0.0773. The minimum Gasteiger partial charge on any atom is -0.493 e. The zero-order valence-electron chi connectivity index (χ0n) is 17.4. The minimum atomic E-state index is -0.102. The third-order valence-electron chi connectivity index (χ3n) is 4.40. The van der Waals surface area contributed by atoms with Crippen LogP contribution in [-0.2, 0) is 6.42 Å². The van der Waals surface area contributed by atoms with Gasteiger partial charge in [0.15, 0.2) is 11.5 Å². The molecular weight excluding hydrogens is 354 g/mol. The number of hydrogen-bond donors (Lipinski definition) is 0. The predicted octanol–water partition coefficient (Wildman–Crippen LogP) is 4.20. The molecule has 0 aliphatic rings. The van der Waals surface area contributed by atoms with Crippen LogP contribution in [0.3, 0.4) is 0 Å². The van der Waals surface area contributed by atoms with Gasteiger partial charge in [-0.15, -0.1) is 6.58 Å². The quantitative estimate of drug-likeness (QED) is 0.609. The van der Waals surface area contributed by atoms with Crippen molar-refractivity contribution in [1.29, 1.82) is 0 Å². The number of carbonyl (C=O) groups is 1. The van der Waals surface area contributed by atoms with Gasteiger partial charge in [-0.25, -0.2) is 0 Å². The van der Waals surface area contributed by atoms with Gasteiger partial charge in [-0.1, -0.05) is 12.1 Å². The van der Waals surface area contributed by atoms with Crippen molar-refractivity contribution in [2.24, 2.45) is 0 Å². The second-order valence-corrected chi connectivity index (χ2v) is 6.76. The largest absolute Gasteiger partial charge is 0.493 e. The number of ether oxygens (including phenoxy) is 3. The summed E-state index contributed by atoms with van der Waals surface area (Å²) in [6.07, 6.45) is 2.35. The highest BCUT2D eigenvalue weighted by Gasteiger charge is 2.18. The molecule has 28 heavy (non-hydrogen) atoms. The molecule has 0 heterocycles. The lowest BCUT2D eigenvalue weighted by Crippen LogP contribution is -2.31. The second-order valence-electron chi connectivity index (χ2n) is 6.76. The van der Waals surface area contributed by atoms with Crippen molar-refractivity contribution >= 4 is 5.91 Å². The summed E-state index contributed by atoms with van der Waals surface area (Å²) in [4.78, 5) is 14.5. The highest BCUT2D eigenvalue weighted by molar-refractivity contribution is 5.95. The normalized spacial score (nSPS) is 10.3. The lowest BCUT2D eigenvalue weighted by atomic mass is 10.0. The Labute approximate surface area is 167 Å². The maximum Gasteiger partial charge on any atom is 0.253 e. The zero-order valence-corrected chi connectivity index (χ0v) is 17.4. The van der Waals surface area contributed by atoms with E-state index in [2.05, 4.69) is 12.6 Å². The van der Waals surface area contributed by atoms with E-state index in [1.165, 1.54) is 0 Å². The van der Waals surface area contributed by atoms with E-state index in [1.54, 1.807) is 38.3 Å². The summed E-state index contributed by atoms with van der Waals surface area (Å²) < 4.78 is 16.6. The molecule has 2 aromatic rings. The minimum absolute atomic E-state index is 0.102. The Kier molecular flexibility index (Phi) is 7.50. The van der Waals surface area contributed by atoms with E-state index < -0.39 is 0 Å². The average molecular weight is 383 g/mol. The van der Waals surface area contributed by atoms with Gasteiger partial charge in [0.25, 0.3) is 5.91 Å². The first kappa shape index (κ1) is 21.4. The van der Waals surface area contributed by atoms with E-state index in [0.29, 0.717) is 36.6 Å². The molecule has 0 saturated carbocycles. The topological polar surface area (TPSA) is 48.0 Å². The SMILES string of the molecule is C=CCc1cc(C(=O)N(C)CCOc2cc(C)cc(C)c2)cc(OC)c1OC. The fourth-order valence-corrected chi connectivity index (χ4v) is 3.11. The summed E-state index contributed by atoms with van der Waals surface area (Å²) in [5.74, 6) is 1.87. The molecule has 0 aromatic heterocycles. The van der Waals surface area contributed by atoms with E-state index in [4.69, 9.17) is 14.2 Å². The van der Waals surface area contributed by atoms with E-state index in [1.807, 2.05) is 32.0 Å². The van der Waals surface area contributed by atoms with Gasteiger partial charge in [0.1, 0.15) is 12.4 Å². The molecule has 0 fully saturated rings. The van der Waals surface area contributed by atoms with Crippen LogP contribution in [-0.4, -0.2) is 45.2 Å². The number of rotatable bonds is 9. The molecule has 2 rings (SSSR count). The molecule has 0 atom stereocenters. The number of allylic oxidation sites excluding steroid dienone is 1. The lowest BCUT2D eigenvalue weighted by Gasteiger charge is -2.20. The van der Waals surface area contributed by atoms with Gasteiger partial charge in [-0.2, -0.15) is 0 Å². The number of hydrogen-bond acceptors (Lipinski definition) is 4. The molecule has 2 aromatic carbocycles. The van der Waals surface area contributed by atoms with E-state index in [-0.39, 0.29) is 5.91 Å². The molecule has 0 spiro atoms. The molecular formula is C23H29NO4. The third kappa shape index (κ3) is 5.28. The molecule has 0 saturated heterocycles. The number of aryl methyl sites for hydroxylation is 2. The molecule has 5 nitrogen and oxygen atoms in total. The summed E-state index contributed by atoms with van der Waals surface area (Å²) in [6, 6.07) is 9.61. The van der Waals surface area contributed by atoms with Gasteiger partial charge in [0.2, 0.25) is 0 Å². The highest BCUT2D eigenvalue weighted by Crippen LogP contribution is 2.33. The summed E-state index contributed by atoms with van der Waals surface area (Å²) in [7, 11) is 4.91. The second kappa shape index (κ2) is 9.83. The van der Waals surface area contributed by atoms with Gasteiger partial charge in [0, 0.05) is 18.2 Å². The average Bonchev–Trinajstić information content (AvgIpc) is 2.66. The van der Waals surface area contributed by atoms with E-state index in [9.17, 15) is 4.79 Å². The molecule has 150 valence electrons. The number of nitrogens with zero attached hydrogens (tertiary/aromatic N) is 1. The van der Waals surface area contributed by atoms with Crippen LogP contribution in [0.1, 0.15) is 27.0 Å². The van der Waals surface area contributed by atoms with Gasteiger partial charge >= 0.3 is 0 Å². The number of likely N-dealkylation sites (N-methyl/N-ethyl adjacent to an activating group) is 1. The van der Waals surface area contributed by atoms with Gasteiger partial charge in [-0.05, 0) is 55.7 Å². The number of benzene rings is 2. The first-order valence-corrected chi connectivity index (χ1v) is 9.22. The summed E-state index contributed by atoms with van der Waals surface area (Å²) in [5.41, 5.74) is 3.71. The van der Waals surface area contributed by atoms with Crippen LogP contribution < -0.4 is 14.2 Å². The maximum atomic E-state index is 12.9. The van der Waals surface area contributed by atoms with E-state index in [0.717, 1.165) is 22.4 Å². The Morgan fingerprint density at radius 1 is 1.07 bits per heavy atom. The van der Waals surface area contributed by atoms with Crippen LogP contribution in [0, 0.1) is 13.8 Å². The van der Waals surface area contributed by atoms with Crippen molar-refractivity contribution in [2.45, 2.75) is 20.3 Å². The zero-order chi connectivity index (χ0) is 20.7. The Balaban J connectivity index is 2.09. The first-order valence-electron chi connectivity index (χ1n) is 9.22. The van der Waals surface area contributed by atoms with Gasteiger partial charge in [-0.3, -0.25) is 4.79 Å². The Morgan fingerprint density at radius 2 is 1.75 bits per heavy atom. The van der Waals surface area contributed by atoms with Crippen LogP contribution in [0.5, 0.6) is 17.2 Å². The Morgan fingerprint density at radius 3 is 2.32 bits per heavy atom. The third-order valence-corrected chi connectivity index (χ3v) is 4.40. The first-order chi connectivity index (χ1) is 13.4. The van der Waals surface area contributed by atoms with Crippen LogP contribution in [0.2, 0.25) is 0 Å². The molecule has 0 aliphatic heterocycles. The molecule has 0 unspecified atom stereocenters. The number of methoxy groups -OCH3 is 2. The number of amides is 1. The van der Waals surface area contributed by atoms with Crippen molar-refractivity contribution in [1.82, 2.24) is 4.90 Å². The highest BCUT2D eigenvalue weighted by atomic mass is 16.5. The van der Waals surface area contributed by atoms with Crippen LogP contribution in [0.25, 0.3) is 0 Å². The van der Waals surface area contributed by atoms with Crippen molar-refractivity contribution < 1.29 is 19.0 Å². The van der Waals surface area contributed by atoms with Crippen molar-refractivity contribution in [3.8, 4) is 17.2 Å². The van der Waals surface area contributed by atoms with Crippen molar-refractivity contribution in [3.05, 3.63) is 65.2 Å². The monoisotopic (exact) mass is 383 g/mol. The molecule has 0 bridgehead atoms. The summed E-state index contributed by atoms with van der Waals surface area (Å²) >= 11 is 0. The molecule has 5 heteroatoms. The van der Waals surface area contributed by atoms with E-state index >= 15 is 0 Å². The Bertz CT molecular complexity index is 824. The fraction of sp³-hybridized carbons (Fsp3) is 0.348. The Hall–Kier alpha value is -2.95. The molecule has 0 N–H and O–H groups in total. The van der Waals surface area contributed by atoms with Crippen LogP contribution in [0.4, 0.5) is 0 Å². The number of carbonyl (C=O) groups excluding carboxylic acids is 1. The molecule has 0 radical (unpaired) electrons. The standard InChI is InChI=1S/C23H29NO4/c1-7-8-18-14-19(15-21(26-5)22(18)27-6)23(25)24(4)9-10-28-20-12-16(2)11-17(3)13-20/h7,11-15H,1,8-10H2,2-6H3. The van der Waals surface area contributed by atoms with Crippen molar-refractivity contribution in [3.63, 3.8) is 0 Å². The van der Waals surface area contributed by atoms with Crippen LogP contribution >= 0.6 is 0 Å².